The summed E-state index contributed by atoms with van der Waals surface area (Å²) in [5.74, 6) is 0.791. The zero-order valence-corrected chi connectivity index (χ0v) is 12.0. The fraction of sp³-hybridized carbons (Fsp3) is 0.467. The number of hydrogen-bond donors (Lipinski definition) is 1. The molecule has 1 aliphatic carbocycles. The maximum absolute atomic E-state index is 5.74. The van der Waals surface area contributed by atoms with Gasteiger partial charge in [-0.25, -0.2) is 0 Å². The summed E-state index contributed by atoms with van der Waals surface area (Å²) >= 11 is 0. The van der Waals surface area contributed by atoms with Gasteiger partial charge in [0.25, 0.3) is 0 Å². The van der Waals surface area contributed by atoms with Crippen LogP contribution in [0.3, 0.4) is 0 Å². The van der Waals surface area contributed by atoms with E-state index in [1.807, 2.05) is 36.9 Å². The third-order valence-electron chi connectivity index (χ3n) is 3.43. The summed E-state index contributed by atoms with van der Waals surface area (Å²) in [6.45, 7) is 3.33. The Kier molecular flexibility index (Phi) is 3.69. The number of hydrogen-bond acceptors (Lipinski definition) is 4. The van der Waals surface area contributed by atoms with Crippen LogP contribution in [-0.2, 0) is 20.2 Å². The quantitative estimate of drug-likeness (QED) is 0.873. The van der Waals surface area contributed by atoms with Crippen LogP contribution in [0.15, 0.2) is 24.4 Å². The molecule has 1 saturated carbocycles. The van der Waals surface area contributed by atoms with Crippen molar-refractivity contribution < 1.29 is 4.74 Å². The highest BCUT2D eigenvalue weighted by Crippen LogP contribution is 2.19. The van der Waals surface area contributed by atoms with Crippen molar-refractivity contribution in [2.45, 2.75) is 39.0 Å². The largest absolute Gasteiger partial charge is 0.486 e. The van der Waals surface area contributed by atoms with Gasteiger partial charge in [0.2, 0.25) is 0 Å². The summed E-state index contributed by atoms with van der Waals surface area (Å²) in [5, 5.41) is 7.74. The number of ether oxygens (including phenoxy) is 1. The molecule has 0 radical (unpaired) electrons. The van der Waals surface area contributed by atoms with Crippen molar-refractivity contribution in [2.24, 2.45) is 7.05 Å². The smallest absolute Gasteiger partial charge is 0.138 e. The number of rotatable bonds is 6. The fourth-order valence-electron chi connectivity index (χ4n) is 2.09. The first-order valence-corrected chi connectivity index (χ1v) is 7.01. The maximum atomic E-state index is 5.74. The highest BCUT2D eigenvalue weighted by Gasteiger charge is 2.20. The highest BCUT2D eigenvalue weighted by atomic mass is 16.5. The molecule has 20 heavy (non-hydrogen) atoms. The number of aryl methyl sites for hydroxylation is 2. The van der Waals surface area contributed by atoms with E-state index in [1.54, 1.807) is 6.20 Å². The third kappa shape index (κ3) is 3.36. The van der Waals surface area contributed by atoms with Gasteiger partial charge < -0.3 is 10.1 Å². The van der Waals surface area contributed by atoms with Gasteiger partial charge in [0.05, 0.1) is 23.3 Å². The number of aromatic nitrogens is 3. The van der Waals surface area contributed by atoms with Gasteiger partial charge in [-0.3, -0.25) is 9.67 Å². The molecule has 5 heteroatoms. The van der Waals surface area contributed by atoms with Crippen LogP contribution in [0.25, 0.3) is 0 Å². The van der Waals surface area contributed by atoms with Crippen LogP contribution in [0, 0.1) is 6.92 Å². The van der Waals surface area contributed by atoms with E-state index in [0.29, 0.717) is 12.6 Å². The van der Waals surface area contributed by atoms with Gasteiger partial charge in [-0.1, -0.05) is 0 Å². The van der Waals surface area contributed by atoms with E-state index in [9.17, 15) is 0 Å². The molecule has 0 atom stereocenters. The van der Waals surface area contributed by atoms with E-state index in [1.165, 1.54) is 12.8 Å². The van der Waals surface area contributed by atoms with Crippen LogP contribution in [0.1, 0.15) is 29.9 Å². The first kappa shape index (κ1) is 13.1. The topological polar surface area (TPSA) is 52.0 Å². The van der Waals surface area contributed by atoms with E-state index in [-0.39, 0.29) is 0 Å². The lowest BCUT2D eigenvalue weighted by molar-refractivity contribution is 0.293. The predicted octanol–water partition coefficient (Wildman–Crippen LogP) is 1.95. The van der Waals surface area contributed by atoms with Gasteiger partial charge in [0.1, 0.15) is 12.4 Å². The Morgan fingerprint density at radius 1 is 1.40 bits per heavy atom. The minimum Gasteiger partial charge on any atom is -0.486 e. The van der Waals surface area contributed by atoms with Crippen LogP contribution in [-0.4, -0.2) is 20.8 Å². The molecule has 0 saturated heterocycles. The molecule has 2 heterocycles. The molecule has 1 fully saturated rings. The molecule has 0 bridgehead atoms. The van der Waals surface area contributed by atoms with Crippen molar-refractivity contribution in [3.63, 3.8) is 0 Å². The van der Waals surface area contributed by atoms with Crippen molar-refractivity contribution in [3.05, 3.63) is 41.5 Å². The SMILES string of the molecule is Cc1cc(COc2ccc(CNC3CC3)nc2)n(C)n1. The monoisotopic (exact) mass is 272 g/mol. The van der Waals surface area contributed by atoms with Gasteiger partial charge in [-0.05, 0) is 38.0 Å². The average Bonchev–Trinajstić information content (AvgIpc) is 3.21. The van der Waals surface area contributed by atoms with E-state index in [2.05, 4.69) is 15.4 Å². The van der Waals surface area contributed by atoms with Gasteiger partial charge >= 0.3 is 0 Å². The van der Waals surface area contributed by atoms with Crippen molar-refractivity contribution in [1.82, 2.24) is 20.1 Å². The molecule has 0 aromatic carbocycles. The Balaban J connectivity index is 1.53. The lowest BCUT2D eigenvalue weighted by Crippen LogP contribution is -2.16. The molecule has 0 amide bonds. The van der Waals surface area contributed by atoms with E-state index >= 15 is 0 Å². The van der Waals surface area contributed by atoms with Gasteiger partial charge in [0.15, 0.2) is 0 Å². The van der Waals surface area contributed by atoms with Crippen molar-refractivity contribution >= 4 is 0 Å². The lowest BCUT2D eigenvalue weighted by atomic mass is 10.3. The van der Waals surface area contributed by atoms with E-state index in [0.717, 1.165) is 29.4 Å². The van der Waals surface area contributed by atoms with Crippen LogP contribution < -0.4 is 10.1 Å². The van der Waals surface area contributed by atoms with Crippen LogP contribution in [0.2, 0.25) is 0 Å². The van der Waals surface area contributed by atoms with Crippen molar-refractivity contribution in [2.75, 3.05) is 0 Å². The Morgan fingerprint density at radius 3 is 2.85 bits per heavy atom. The highest BCUT2D eigenvalue weighted by molar-refractivity contribution is 5.20. The molecule has 2 aromatic heterocycles. The maximum Gasteiger partial charge on any atom is 0.138 e. The molecule has 0 unspecified atom stereocenters. The third-order valence-corrected chi connectivity index (χ3v) is 3.43. The van der Waals surface area contributed by atoms with Gasteiger partial charge in [-0.15, -0.1) is 0 Å². The normalized spacial score (nSPS) is 14.5. The van der Waals surface area contributed by atoms with Crippen LogP contribution in [0.4, 0.5) is 0 Å². The summed E-state index contributed by atoms with van der Waals surface area (Å²) in [7, 11) is 1.93. The second-order valence-corrected chi connectivity index (χ2v) is 5.33. The number of nitrogens with zero attached hydrogens (tertiary/aromatic N) is 3. The fourth-order valence-corrected chi connectivity index (χ4v) is 2.09. The molecular weight excluding hydrogens is 252 g/mol. The Hall–Kier alpha value is -1.88. The Morgan fingerprint density at radius 2 is 2.25 bits per heavy atom. The summed E-state index contributed by atoms with van der Waals surface area (Å²) < 4.78 is 7.58. The van der Waals surface area contributed by atoms with Gasteiger partial charge in [0, 0.05) is 19.6 Å². The molecule has 0 aliphatic heterocycles. The van der Waals surface area contributed by atoms with E-state index in [4.69, 9.17) is 4.74 Å². The zero-order valence-electron chi connectivity index (χ0n) is 12.0. The molecule has 3 rings (SSSR count). The molecule has 0 spiro atoms. The second-order valence-electron chi connectivity index (χ2n) is 5.33. The predicted molar refractivity (Wildman–Crippen MR) is 76.4 cm³/mol. The summed E-state index contributed by atoms with van der Waals surface area (Å²) in [5.41, 5.74) is 3.12. The standard InChI is InChI=1S/C15H20N4O/c1-11-7-14(19(2)18-11)10-20-15-6-5-13(17-9-15)8-16-12-3-4-12/h5-7,9,12,16H,3-4,8,10H2,1-2H3. The number of nitrogens with one attached hydrogen (secondary N) is 1. The minimum absolute atomic E-state index is 0.513. The van der Waals surface area contributed by atoms with Gasteiger partial charge in [-0.2, -0.15) is 5.10 Å². The zero-order chi connectivity index (χ0) is 13.9. The second kappa shape index (κ2) is 5.63. The summed E-state index contributed by atoms with van der Waals surface area (Å²) in [6, 6.07) is 6.72. The first-order valence-electron chi connectivity index (χ1n) is 7.01. The van der Waals surface area contributed by atoms with Crippen molar-refractivity contribution in [3.8, 4) is 5.75 Å². The first-order chi connectivity index (χ1) is 9.70. The molecule has 1 aliphatic rings. The molecule has 2 aromatic rings. The molecular formula is C15H20N4O. The summed E-state index contributed by atoms with van der Waals surface area (Å²) in [6.07, 6.45) is 4.38. The number of pyridine rings is 1. The van der Waals surface area contributed by atoms with E-state index < -0.39 is 0 Å². The Bertz CT molecular complexity index is 572. The lowest BCUT2D eigenvalue weighted by Gasteiger charge is -2.07. The molecule has 5 nitrogen and oxygen atoms in total. The minimum atomic E-state index is 0.513. The molecule has 106 valence electrons. The molecule has 1 N–H and O–H groups in total. The van der Waals surface area contributed by atoms with Crippen LogP contribution in [0.5, 0.6) is 5.75 Å². The summed E-state index contributed by atoms with van der Waals surface area (Å²) in [4.78, 5) is 4.41. The van der Waals surface area contributed by atoms with Crippen LogP contribution >= 0.6 is 0 Å². The average molecular weight is 272 g/mol. The Labute approximate surface area is 119 Å². The van der Waals surface area contributed by atoms with Crippen molar-refractivity contribution in [1.29, 1.82) is 0 Å².